The largest absolute Gasteiger partial charge is 0.309 e. The topological polar surface area (TPSA) is 37.4 Å². The molecule has 5 aromatic rings. The number of anilines is 3. The first kappa shape index (κ1) is 25.3. The molecule has 0 saturated carbocycles. The average molecular weight is 529 g/mol. The zero-order chi connectivity index (χ0) is 28.6. The molecule has 0 unspecified atom stereocenters. The number of ketones is 2. The molecule has 0 N–H and O–H groups in total. The number of carbonyl (C=O) groups is 2. The van der Waals surface area contributed by atoms with Crippen LogP contribution in [0, 0.1) is 13.8 Å². The van der Waals surface area contributed by atoms with Crippen molar-refractivity contribution in [3.63, 3.8) is 0 Å². The van der Waals surface area contributed by atoms with Gasteiger partial charge in [0.2, 0.25) is 0 Å². The van der Waals surface area contributed by atoms with Crippen LogP contribution in [0.25, 0.3) is 16.8 Å². The summed E-state index contributed by atoms with van der Waals surface area (Å²) in [5.41, 5.74) is 10.5. The Balaban J connectivity index is 1.41. The normalized spacial score (nSPS) is 16.2. The lowest BCUT2D eigenvalue weighted by atomic mass is 9.71. The molecule has 1 heterocycles. The number of fused-ring (bicyclic) bond motifs is 5. The van der Waals surface area contributed by atoms with Gasteiger partial charge in [0.05, 0.1) is 22.6 Å². The summed E-state index contributed by atoms with van der Waals surface area (Å²) in [5.74, 6) is -0.526. The van der Waals surface area contributed by atoms with E-state index in [1.54, 1.807) is 24.3 Å². The summed E-state index contributed by atoms with van der Waals surface area (Å²) >= 11 is 0. The Kier molecular flexibility index (Phi) is 5.49. The molecule has 2 aliphatic rings. The molecule has 0 aromatic heterocycles. The molecule has 5 aromatic carbocycles. The van der Waals surface area contributed by atoms with Crippen molar-refractivity contribution in [2.45, 2.75) is 33.1 Å². The van der Waals surface area contributed by atoms with E-state index in [2.05, 4.69) is 99.3 Å². The fourth-order valence-corrected chi connectivity index (χ4v) is 6.77. The summed E-state index contributed by atoms with van der Waals surface area (Å²) in [6, 6.07) is 30.6. The number of allylic oxidation sites excluding steroid dienone is 1. The first-order valence-corrected chi connectivity index (χ1v) is 13.9. The summed E-state index contributed by atoms with van der Waals surface area (Å²) < 4.78 is 0. The first-order chi connectivity index (χ1) is 19.7. The Morgan fingerprint density at radius 2 is 1.46 bits per heavy atom. The second kappa shape index (κ2) is 8.91. The van der Waals surface area contributed by atoms with E-state index in [-0.39, 0.29) is 22.6 Å². The molecule has 0 saturated heterocycles. The molecule has 0 amide bonds. The highest BCUT2D eigenvalue weighted by atomic mass is 16.2. The van der Waals surface area contributed by atoms with Gasteiger partial charge in [-0.2, -0.15) is 0 Å². The highest BCUT2D eigenvalue weighted by Crippen LogP contribution is 2.54. The first-order valence-electron chi connectivity index (χ1n) is 13.9. The van der Waals surface area contributed by atoms with Crippen LogP contribution in [0.15, 0.2) is 96.6 Å². The summed E-state index contributed by atoms with van der Waals surface area (Å²) in [7, 11) is 5.88. The average Bonchev–Trinajstić information content (AvgIpc) is 3.18. The zero-order valence-electron chi connectivity index (χ0n) is 23.6. The molecular weight excluding hydrogens is 501 g/mol. The predicted molar refractivity (Wildman–Crippen MR) is 169 cm³/mol. The molecule has 0 spiro atoms. The SMILES string of the molecule is [B]c1ccc2c(c1)C(=O)/C(=C\c1ccc3c4c(ccc3c1)N(c1c(C)cccc1C)c1ccccc1C4(C)C)C2=O. The van der Waals surface area contributed by atoms with E-state index in [0.29, 0.717) is 16.6 Å². The molecular formula is C37H28BNO2. The lowest BCUT2D eigenvalue weighted by Gasteiger charge is -2.43. The number of carbonyl (C=O) groups excluding carboxylic acids is 2. The fourth-order valence-electron chi connectivity index (χ4n) is 6.77. The van der Waals surface area contributed by atoms with E-state index in [1.165, 1.54) is 39.3 Å². The third-order valence-electron chi connectivity index (χ3n) is 8.70. The summed E-state index contributed by atoms with van der Waals surface area (Å²) in [6.07, 6.45) is 1.71. The van der Waals surface area contributed by atoms with Crippen LogP contribution in [0.4, 0.5) is 17.1 Å². The van der Waals surface area contributed by atoms with E-state index < -0.39 is 0 Å². The van der Waals surface area contributed by atoms with Crippen LogP contribution in [0.2, 0.25) is 0 Å². The molecule has 0 fully saturated rings. The number of para-hydroxylation sites is 2. The molecule has 1 aliphatic heterocycles. The molecule has 7 rings (SSSR count). The van der Waals surface area contributed by atoms with Gasteiger partial charge in [-0.25, -0.2) is 0 Å². The van der Waals surface area contributed by atoms with Crippen LogP contribution < -0.4 is 10.4 Å². The maximum Gasteiger partial charge on any atom is 0.197 e. The quantitative estimate of drug-likeness (QED) is 0.133. The van der Waals surface area contributed by atoms with E-state index >= 15 is 0 Å². The van der Waals surface area contributed by atoms with Crippen LogP contribution in [0.1, 0.15) is 62.4 Å². The molecule has 0 bridgehead atoms. The van der Waals surface area contributed by atoms with Crippen LogP contribution in [0.3, 0.4) is 0 Å². The van der Waals surface area contributed by atoms with Gasteiger partial charge in [0.1, 0.15) is 7.85 Å². The van der Waals surface area contributed by atoms with E-state index in [9.17, 15) is 9.59 Å². The number of benzene rings is 5. The van der Waals surface area contributed by atoms with Crippen molar-refractivity contribution in [3.05, 3.63) is 136 Å². The van der Waals surface area contributed by atoms with Crippen molar-refractivity contribution in [1.82, 2.24) is 0 Å². The fraction of sp³-hybridized carbons (Fsp3) is 0.135. The number of rotatable bonds is 2. The standard InChI is InChI=1S/C37H28BNO2/c1-21-8-7-9-22(2)34(21)39-31-11-6-5-10-30(31)37(3,4)33-26-15-12-23(18-24(26)13-17-32(33)39)19-29-35(40)27-16-14-25(38)20-28(27)36(29)41/h5-20H,1-4H3/b29-19-. The molecule has 4 heteroatoms. The Labute approximate surface area is 241 Å². The van der Waals surface area contributed by atoms with Gasteiger partial charge in [-0.1, -0.05) is 92.1 Å². The lowest BCUT2D eigenvalue weighted by molar-refractivity contribution is 0.0990. The van der Waals surface area contributed by atoms with Crippen molar-refractivity contribution in [2.75, 3.05) is 4.90 Å². The van der Waals surface area contributed by atoms with E-state index in [0.717, 1.165) is 16.3 Å². The Bertz CT molecular complexity index is 1980. The maximum absolute atomic E-state index is 13.1. The smallest absolute Gasteiger partial charge is 0.197 e. The van der Waals surface area contributed by atoms with Gasteiger partial charge in [-0.3, -0.25) is 9.59 Å². The van der Waals surface area contributed by atoms with E-state index in [4.69, 9.17) is 7.85 Å². The Morgan fingerprint density at radius 3 is 2.24 bits per heavy atom. The van der Waals surface area contributed by atoms with Crippen LogP contribution >= 0.6 is 0 Å². The minimum absolute atomic E-state index is 0.179. The number of hydrogen-bond acceptors (Lipinski definition) is 3. The van der Waals surface area contributed by atoms with Crippen molar-refractivity contribution in [3.8, 4) is 0 Å². The maximum atomic E-state index is 13.1. The van der Waals surface area contributed by atoms with Gasteiger partial charge >= 0.3 is 0 Å². The highest BCUT2D eigenvalue weighted by Gasteiger charge is 2.39. The minimum Gasteiger partial charge on any atom is -0.309 e. The number of nitrogens with zero attached hydrogens (tertiary/aromatic N) is 1. The molecule has 1 aliphatic carbocycles. The van der Waals surface area contributed by atoms with Gasteiger partial charge in [0.15, 0.2) is 11.6 Å². The number of hydrogen-bond donors (Lipinski definition) is 0. The van der Waals surface area contributed by atoms with Gasteiger partial charge in [-0.05, 0) is 76.7 Å². The van der Waals surface area contributed by atoms with Crippen molar-refractivity contribution in [1.29, 1.82) is 0 Å². The third-order valence-corrected chi connectivity index (χ3v) is 8.70. The summed E-state index contributed by atoms with van der Waals surface area (Å²) in [6.45, 7) is 8.93. The van der Waals surface area contributed by atoms with Crippen molar-refractivity contribution in [2.24, 2.45) is 0 Å². The van der Waals surface area contributed by atoms with E-state index in [1.807, 2.05) is 6.07 Å². The van der Waals surface area contributed by atoms with Crippen molar-refractivity contribution < 1.29 is 9.59 Å². The predicted octanol–water partition coefficient (Wildman–Crippen LogP) is 7.82. The minimum atomic E-state index is -0.273. The Morgan fingerprint density at radius 1 is 0.732 bits per heavy atom. The highest BCUT2D eigenvalue weighted by molar-refractivity contribution is 6.43. The van der Waals surface area contributed by atoms with Gasteiger partial charge in [0.25, 0.3) is 0 Å². The molecule has 0 atom stereocenters. The monoisotopic (exact) mass is 529 g/mol. The third kappa shape index (κ3) is 3.67. The molecule has 41 heavy (non-hydrogen) atoms. The van der Waals surface area contributed by atoms with Crippen LogP contribution in [0.5, 0.6) is 0 Å². The molecule has 2 radical (unpaired) electrons. The van der Waals surface area contributed by atoms with Crippen molar-refractivity contribution >= 4 is 58.8 Å². The molecule has 3 nitrogen and oxygen atoms in total. The van der Waals surface area contributed by atoms with Gasteiger partial charge in [-0.15, -0.1) is 0 Å². The lowest BCUT2D eigenvalue weighted by Crippen LogP contribution is -2.31. The van der Waals surface area contributed by atoms with Gasteiger partial charge in [0, 0.05) is 16.5 Å². The summed E-state index contributed by atoms with van der Waals surface area (Å²) in [4.78, 5) is 28.6. The second-order valence-corrected chi connectivity index (χ2v) is 11.7. The van der Waals surface area contributed by atoms with Gasteiger partial charge < -0.3 is 4.90 Å². The number of aryl methyl sites for hydroxylation is 2. The molecule has 196 valence electrons. The van der Waals surface area contributed by atoms with Crippen LogP contribution in [-0.2, 0) is 5.41 Å². The Hall–Kier alpha value is -4.70. The zero-order valence-corrected chi connectivity index (χ0v) is 23.6. The summed E-state index contributed by atoms with van der Waals surface area (Å²) in [5, 5.41) is 2.21. The van der Waals surface area contributed by atoms with Crippen LogP contribution in [-0.4, -0.2) is 19.4 Å². The number of Topliss-reactive ketones (excluding diaryl/α,β-unsaturated/α-hetero) is 2. The second-order valence-electron chi connectivity index (χ2n) is 11.7.